The van der Waals surface area contributed by atoms with Gasteiger partial charge < -0.3 is 9.88 Å². The largest absolute Gasteiger partial charge is 0.351 e. The Labute approximate surface area is 161 Å². The first-order valence-corrected chi connectivity index (χ1v) is 9.29. The summed E-state index contributed by atoms with van der Waals surface area (Å²) in [5.41, 5.74) is 1.82. The molecule has 0 saturated heterocycles. The van der Waals surface area contributed by atoms with Crippen LogP contribution in [0.25, 0.3) is 11.4 Å². The van der Waals surface area contributed by atoms with Crippen LogP contribution in [0.1, 0.15) is 12.5 Å². The van der Waals surface area contributed by atoms with Crippen molar-refractivity contribution in [3.8, 4) is 11.4 Å². The van der Waals surface area contributed by atoms with Crippen molar-refractivity contribution in [2.75, 3.05) is 0 Å². The van der Waals surface area contributed by atoms with Gasteiger partial charge in [0.05, 0.1) is 5.25 Å². The predicted octanol–water partition coefficient (Wildman–Crippen LogP) is 3.33. The number of hydrogen-bond acceptors (Lipinski definition) is 5. The molecule has 1 aromatic carbocycles. The molecule has 0 aliphatic carbocycles. The Morgan fingerprint density at radius 3 is 2.69 bits per heavy atom. The van der Waals surface area contributed by atoms with E-state index in [1.165, 1.54) is 11.8 Å². The fourth-order valence-electron chi connectivity index (χ4n) is 2.35. The summed E-state index contributed by atoms with van der Waals surface area (Å²) in [6.07, 6.45) is 3.42. The lowest BCUT2D eigenvalue weighted by atomic mass is 10.2. The van der Waals surface area contributed by atoms with Gasteiger partial charge in [0.2, 0.25) is 5.91 Å². The van der Waals surface area contributed by atoms with Gasteiger partial charge in [0.15, 0.2) is 11.0 Å². The van der Waals surface area contributed by atoms with Crippen LogP contribution in [-0.4, -0.2) is 30.9 Å². The number of carbonyl (C=O) groups excluding carboxylic acids is 1. The zero-order chi connectivity index (χ0) is 18.5. The monoisotopic (exact) mass is 387 g/mol. The first-order chi connectivity index (χ1) is 12.6. The molecule has 0 saturated carbocycles. The highest BCUT2D eigenvalue weighted by atomic mass is 35.5. The van der Waals surface area contributed by atoms with Crippen molar-refractivity contribution in [3.63, 3.8) is 0 Å². The van der Waals surface area contributed by atoms with E-state index in [2.05, 4.69) is 20.5 Å². The minimum absolute atomic E-state index is 0.0802. The number of nitrogens with one attached hydrogen (secondary N) is 1. The standard InChI is InChI=1S/C18H18ClN5OS/c1-12(17(25)21-11-14-5-3-4-6-15(14)19)26-18-23-22-16(24(18)2)13-7-9-20-10-8-13/h3-10,12H,11H2,1-2H3,(H,21,25)/t12-/m0/s1. The molecule has 0 spiro atoms. The summed E-state index contributed by atoms with van der Waals surface area (Å²) in [5, 5.41) is 12.3. The van der Waals surface area contributed by atoms with Crippen molar-refractivity contribution in [2.24, 2.45) is 7.05 Å². The Kier molecular flexibility index (Phi) is 5.90. The van der Waals surface area contributed by atoms with E-state index in [4.69, 9.17) is 11.6 Å². The third kappa shape index (κ3) is 4.23. The summed E-state index contributed by atoms with van der Waals surface area (Å²) in [6.45, 7) is 2.23. The van der Waals surface area contributed by atoms with E-state index in [-0.39, 0.29) is 11.2 Å². The van der Waals surface area contributed by atoms with Gasteiger partial charge in [-0.25, -0.2) is 0 Å². The molecule has 0 radical (unpaired) electrons. The minimum Gasteiger partial charge on any atom is -0.351 e. The molecule has 6 nitrogen and oxygen atoms in total. The summed E-state index contributed by atoms with van der Waals surface area (Å²) in [6, 6.07) is 11.2. The van der Waals surface area contributed by atoms with E-state index in [0.717, 1.165) is 17.0 Å². The van der Waals surface area contributed by atoms with Gasteiger partial charge in [-0.3, -0.25) is 9.78 Å². The second-order valence-corrected chi connectivity index (χ2v) is 7.39. The van der Waals surface area contributed by atoms with Gasteiger partial charge in [0.1, 0.15) is 0 Å². The van der Waals surface area contributed by atoms with Crippen LogP contribution in [0.3, 0.4) is 0 Å². The van der Waals surface area contributed by atoms with E-state index in [9.17, 15) is 4.79 Å². The highest BCUT2D eigenvalue weighted by molar-refractivity contribution is 8.00. The average molecular weight is 388 g/mol. The maximum Gasteiger partial charge on any atom is 0.233 e. The first kappa shape index (κ1) is 18.4. The van der Waals surface area contributed by atoms with Crippen LogP contribution in [0.15, 0.2) is 53.9 Å². The molecule has 3 aromatic rings. The van der Waals surface area contributed by atoms with Crippen molar-refractivity contribution >= 4 is 29.3 Å². The molecule has 2 heterocycles. The van der Waals surface area contributed by atoms with Crippen LogP contribution < -0.4 is 5.32 Å². The van der Waals surface area contributed by atoms with E-state index in [0.29, 0.717) is 16.7 Å². The van der Waals surface area contributed by atoms with Crippen LogP contribution in [0.4, 0.5) is 0 Å². The van der Waals surface area contributed by atoms with E-state index in [1.807, 2.05) is 48.9 Å². The topological polar surface area (TPSA) is 72.7 Å². The van der Waals surface area contributed by atoms with Crippen molar-refractivity contribution in [3.05, 3.63) is 59.4 Å². The van der Waals surface area contributed by atoms with Gasteiger partial charge in [-0.05, 0) is 30.7 Å². The molecule has 1 N–H and O–H groups in total. The molecule has 26 heavy (non-hydrogen) atoms. The van der Waals surface area contributed by atoms with Crippen LogP contribution in [0.5, 0.6) is 0 Å². The summed E-state index contributed by atoms with van der Waals surface area (Å²) >= 11 is 7.48. The van der Waals surface area contributed by atoms with Gasteiger partial charge in [0, 0.05) is 36.6 Å². The molecular weight excluding hydrogens is 370 g/mol. The van der Waals surface area contributed by atoms with Gasteiger partial charge in [-0.1, -0.05) is 41.6 Å². The van der Waals surface area contributed by atoms with Crippen LogP contribution in [0.2, 0.25) is 5.02 Å². The van der Waals surface area contributed by atoms with Crippen molar-refractivity contribution in [1.29, 1.82) is 0 Å². The molecule has 2 aromatic heterocycles. The Hall–Kier alpha value is -2.38. The smallest absolute Gasteiger partial charge is 0.233 e. The highest BCUT2D eigenvalue weighted by Gasteiger charge is 2.19. The molecule has 0 aliphatic heterocycles. The fraction of sp³-hybridized carbons (Fsp3) is 0.222. The summed E-state index contributed by atoms with van der Waals surface area (Å²) in [7, 11) is 1.88. The molecule has 1 atom stereocenters. The predicted molar refractivity (Wildman–Crippen MR) is 103 cm³/mol. The molecule has 1 amide bonds. The molecule has 8 heteroatoms. The van der Waals surface area contributed by atoms with Crippen molar-refractivity contribution in [1.82, 2.24) is 25.1 Å². The number of thioether (sulfide) groups is 1. The molecule has 134 valence electrons. The number of benzene rings is 1. The quantitative estimate of drug-likeness (QED) is 0.657. The number of aromatic nitrogens is 4. The maximum absolute atomic E-state index is 12.4. The second kappa shape index (κ2) is 8.33. The number of amides is 1. The first-order valence-electron chi connectivity index (χ1n) is 8.04. The lowest BCUT2D eigenvalue weighted by molar-refractivity contribution is -0.120. The van der Waals surface area contributed by atoms with E-state index >= 15 is 0 Å². The lowest BCUT2D eigenvalue weighted by Crippen LogP contribution is -2.30. The lowest BCUT2D eigenvalue weighted by Gasteiger charge is -2.12. The normalized spacial score (nSPS) is 12.0. The van der Waals surface area contributed by atoms with Gasteiger partial charge in [-0.2, -0.15) is 0 Å². The number of halogens is 1. The zero-order valence-corrected chi connectivity index (χ0v) is 16.0. The summed E-state index contributed by atoms with van der Waals surface area (Å²) in [4.78, 5) is 16.4. The van der Waals surface area contributed by atoms with Crippen LogP contribution >= 0.6 is 23.4 Å². The Bertz CT molecular complexity index is 900. The number of carbonyl (C=O) groups is 1. The maximum atomic E-state index is 12.4. The molecular formula is C18H18ClN5OS. The Morgan fingerprint density at radius 2 is 1.96 bits per heavy atom. The van der Waals surface area contributed by atoms with Crippen molar-refractivity contribution in [2.45, 2.75) is 23.9 Å². The molecule has 0 aliphatic rings. The van der Waals surface area contributed by atoms with Crippen LogP contribution in [-0.2, 0) is 18.4 Å². The Morgan fingerprint density at radius 1 is 1.23 bits per heavy atom. The zero-order valence-electron chi connectivity index (χ0n) is 14.4. The van der Waals surface area contributed by atoms with Crippen molar-refractivity contribution < 1.29 is 4.79 Å². The Balaban J connectivity index is 1.63. The number of rotatable bonds is 6. The summed E-state index contributed by atoms with van der Waals surface area (Å²) in [5.74, 6) is 0.655. The molecule has 0 fully saturated rings. The fourth-order valence-corrected chi connectivity index (χ4v) is 3.39. The number of nitrogens with zero attached hydrogens (tertiary/aromatic N) is 4. The highest BCUT2D eigenvalue weighted by Crippen LogP contribution is 2.25. The minimum atomic E-state index is -0.314. The summed E-state index contributed by atoms with van der Waals surface area (Å²) < 4.78 is 1.87. The second-order valence-electron chi connectivity index (χ2n) is 5.67. The van der Waals surface area contributed by atoms with Gasteiger partial charge in [-0.15, -0.1) is 10.2 Å². The molecule has 0 bridgehead atoms. The van der Waals surface area contributed by atoms with Gasteiger partial charge in [0.25, 0.3) is 0 Å². The molecule has 3 rings (SSSR count). The SMILES string of the molecule is C[C@H](Sc1nnc(-c2ccncc2)n1C)C(=O)NCc1ccccc1Cl. The van der Waals surface area contributed by atoms with E-state index in [1.54, 1.807) is 18.5 Å². The number of pyridine rings is 1. The van der Waals surface area contributed by atoms with E-state index < -0.39 is 0 Å². The third-order valence-electron chi connectivity index (χ3n) is 3.84. The average Bonchev–Trinajstić information content (AvgIpc) is 3.02. The number of hydrogen-bond donors (Lipinski definition) is 1. The van der Waals surface area contributed by atoms with Crippen LogP contribution in [0, 0.1) is 0 Å². The molecule has 0 unspecified atom stereocenters. The third-order valence-corrected chi connectivity index (χ3v) is 5.34. The van der Waals surface area contributed by atoms with Gasteiger partial charge >= 0.3 is 0 Å².